The Balaban J connectivity index is 1.58. The average Bonchev–Trinajstić information content (AvgIpc) is 3.00. The quantitative estimate of drug-likeness (QED) is 0.601. The van der Waals surface area contributed by atoms with E-state index >= 15 is 0 Å². The maximum atomic E-state index is 14.7. The molecule has 2 aromatic rings. The Kier molecular flexibility index (Phi) is 4.67. The van der Waals surface area contributed by atoms with Crippen LogP contribution in [-0.4, -0.2) is 32.4 Å². The van der Waals surface area contributed by atoms with Gasteiger partial charge in [-0.25, -0.2) is 8.78 Å². The van der Waals surface area contributed by atoms with E-state index in [0.29, 0.717) is 23.9 Å². The predicted molar refractivity (Wildman–Crippen MR) is 99.1 cm³/mol. The molecule has 0 spiro atoms. The van der Waals surface area contributed by atoms with Crippen LogP contribution in [0.5, 0.6) is 0 Å². The topological polar surface area (TPSA) is 53.7 Å². The van der Waals surface area contributed by atoms with Crippen LogP contribution in [0.2, 0.25) is 0 Å². The van der Waals surface area contributed by atoms with Gasteiger partial charge in [-0.05, 0) is 49.8 Å². The molecule has 0 saturated heterocycles. The highest BCUT2D eigenvalue weighted by atomic mass is 35.5. The molecule has 2 aromatic heterocycles. The third kappa shape index (κ3) is 3.13. The van der Waals surface area contributed by atoms with Crippen LogP contribution in [0.4, 0.5) is 8.78 Å². The lowest BCUT2D eigenvalue weighted by molar-refractivity contribution is -0.212. The number of carbonyl (C=O) groups excluding carboxylic acids is 1. The highest BCUT2D eigenvalue weighted by Gasteiger charge is 2.61. The lowest BCUT2D eigenvalue weighted by atomic mass is 9.61. The fourth-order valence-electron chi connectivity index (χ4n) is 4.66. The first kappa shape index (κ1) is 18.7. The zero-order valence-corrected chi connectivity index (χ0v) is 15.6. The number of nitrogens with zero attached hydrogens (tertiary/aromatic N) is 1. The number of hydrogen-bond acceptors (Lipinski definition) is 2. The molecule has 4 nitrogen and oxygen atoms in total. The number of halogens is 3. The van der Waals surface area contributed by atoms with Gasteiger partial charge in [0.25, 0.3) is 11.8 Å². The first-order valence-electron chi connectivity index (χ1n) is 9.44. The molecule has 146 valence electrons. The van der Waals surface area contributed by atoms with E-state index in [2.05, 4.69) is 5.32 Å². The van der Waals surface area contributed by atoms with Gasteiger partial charge in [0.1, 0.15) is 11.1 Å². The lowest BCUT2D eigenvalue weighted by Gasteiger charge is -2.52. The average molecular weight is 397 g/mol. The molecule has 2 aliphatic carbocycles. The van der Waals surface area contributed by atoms with Gasteiger partial charge in [0.2, 0.25) is 0 Å². The van der Waals surface area contributed by atoms with Gasteiger partial charge in [-0.15, -0.1) is 0 Å². The van der Waals surface area contributed by atoms with E-state index in [1.54, 1.807) is 22.7 Å². The molecule has 3 atom stereocenters. The Hall–Kier alpha value is -1.66. The second-order valence-electron chi connectivity index (χ2n) is 7.83. The molecule has 2 saturated carbocycles. The Morgan fingerprint density at radius 3 is 2.70 bits per heavy atom. The van der Waals surface area contributed by atoms with E-state index in [0.717, 1.165) is 6.42 Å². The van der Waals surface area contributed by atoms with Gasteiger partial charge in [-0.3, -0.25) is 4.79 Å². The molecular formula is C20H23ClF2N2O2. The van der Waals surface area contributed by atoms with Crippen molar-refractivity contribution in [1.29, 1.82) is 0 Å². The minimum absolute atomic E-state index is 0.161. The standard InChI is InChI=1S/C20H23ClF2N2O2/c21-18(24-17(26)14-8-12-25-11-2-1-7-15(14)25)19(27)9-4-10-20(22,23)16(19)13-5-3-6-13/h1-2,7-8,11-13,16,18,27H,3-6,9-10H2,(H,24,26). The van der Waals surface area contributed by atoms with Crippen molar-refractivity contribution < 1.29 is 18.7 Å². The van der Waals surface area contributed by atoms with Crippen LogP contribution in [-0.2, 0) is 0 Å². The highest BCUT2D eigenvalue weighted by Crippen LogP contribution is 2.54. The van der Waals surface area contributed by atoms with E-state index < -0.39 is 28.8 Å². The highest BCUT2D eigenvalue weighted by molar-refractivity contribution is 6.22. The number of carbonyl (C=O) groups is 1. The fraction of sp³-hybridized carbons (Fsp3) is 0.550. The van der Waals surface area contributed by atoms with Crippen LogP contribution < -0.4 is 5.32 Å². The largest absolute Gasteiger partial charge is 0.386 e. The number of pyridine rings is 1. The summed E-state index contributed by atoms with van der Waals surface area (Å²) in [5.41, 5.74) is -2.01. The number of alkyl halides is 3. The van der Waals surface area contributed by atoms with Crippen LogP contribution in [0.3, 0.4) is 0 Å². The molecule has 4 rings (SSSR count). The fourth-order valence-corrected chi connectivity index (χ4v) is 5.00. The van der Waals surface area contributed by atoms with E-state index in [1.807, 2.05) is 18.3 Å². The summed E-state index contributed by atoms with van der Waals surface area (Å²) in [7, 11) is 0. The summed E-state index contributed by atoms with van der Waals surface area (Å²) in [5.74, 6) is -4.92. The predicted octanol–water partition coefficient (Wildman–Crippen LogP) is 4.20. The van der Waals surface area contributed by atoms with Gasteiger partial charge in [0.05, 0.1) is 17.0 Å². The Bertz CT molecular complexity index is 851. The number of amides is 1. The van der Waals surface area contributed by atoms with E-state index in [9.17, 15) is 18.7 Å². The summed E-state index contributed by atoms with van der Waals surface area (Å²) in [5, 5.41) is 13.8. The third-order valence-corrected chi connectivity index (χ3v) is 6.70. The Morgan fingerprint density at radius 2 is 2.00 bits per heavy atom. The molecule has 3 unspecified atom stereocenters. The minimum Gasteiger partial charge on any atom is -0.386 e. The number of aromatic nitrogens is 1. The number of aliphatic hydroxyl groups is 1. The van der Waals surface area contributed by atoms with Crippen molar-refractivity contribution in [1.82, 2.24) is 9.72 Å². The van der Waals surface area contributed by atoms with Gasteiger partial charge < -0.3 is 14.8 Å². The molecule has 2 N–H and O–H groups in total. The molecule has 2 aliphatic rings. The third-order valence-electron chi connectivity index (χ3n) is 6.21. The summed E-state index contributed by atoms with van der Waals surface area (Å²) in [6.07, 6.45) is 5.89. The van der Waals surface area contributed by atoms with Gasteiger partial charge in [-0.1, -0.05) is 24.1 Å². The minimum atomic E-state index is -2.97. The van der Waals surface area contributed by atoms with Crippen LogP contribution in [0.25, 0.3) is 5.52 Å². The second-order valence-corrected chi connectivity index (χ2v) is 8.27. The Labute approximate surface area is 161 Å². The molecule has 0 aromatic carbocycles. The smallest absolute Gasteiger partial charge is 0.254 e. The van der Waals surface area contributed by atoms with Crippen molar-refractivity contribution in [2.24, 2.45) is 11.8 Å². The van der Waals surface area contributed by atoms with Crippen LogP contribution in [0.1, 0.15) is 48.9 Å². The van der Waals surface area contributed by atoms with Crippen molar-refractivity contribution in [2.75, 3.05) is 0 Å². The maximum absolute atomic E-state index is 14.7. The zero-order valence-electron chi connectivity index (χ0n) is 14.9. The first-order valence-corrected chi connectivity index (χ1v) is 9.87. The molecule has 0 bridgehead atoms. The van der Waals surface area contributed by atoms with Gasteiger partial charge in [0, 0.05) is 18.8 Å². The normalized spacial score (nSPS) is 29.3. The van der Waals surface area contributed by atoms with Crippen molar-refractivity contribution in [3.8, 4) is 0 Å². The van der Waals surface area contributed by atoms with Gasteiger partial charge >= 0.3 is 0 Å². The number of fused-ring (bicyclic) bond motifs is 1. The number of nitrogens with one attached hydrogen (secondary N) is 1. The molecule has 0 radical (unpaired) electrons. The monoisotopic (exact) mass is 396 g/mol. The molecule has 1 amide bonds. The van der Waals surface area contributed by atoms with E-state index in [1.165, 1.54) is 0 Å². The van der Waals surface area contributed by atoms with Crippen molar-refractivity contribution >= 4 is 23.0 Å². The van der Waals surface area contributed by atoms with Crippen molar-refractivity contribution in [3.05, 3.63) is 42.2 Å². The van der Waals surface area contributed by atoms with Crippen molar-refractivity contribution in [2.45, 2.75) is 55.5 Å². The summed E-state index contributed by atoms with van der Waals surface area (Å²) in [6.45, 7) is 0. The van der Waals surface area contributed by atoms with Gasteiger partial charge in [-0.2, -0.15) is 0 Å². The molecule has 27 heavy (non-hydrogen) atoms. The molecule has 7 heteroatoms. The zero-order chi connectivity index (χ0) is 19.2. The summed E-state index contributed by atoms with van der Waals surface area (Å²) in [4.78, 5) is 12.7. The van der Waals surface area contributed by atoms with Crippen LogP contribution in [0.15, 0.2) is 36.7 Å². The Morgan fingerprint density at radius 1 is 1.22 bits per heavy atom. The summed E-state index contributed by atoms with van der Waals surface area (Å²) < 4.78 is 31.2. The molecule has 0 aliphatic heterocycles. The SMILES string of the molecule is O=C(NC(Cl)C1(O)CCCC(F)(F)C1C1CCC1)c1ccn2ccccc12. The van der Waals surface area contributed by atoms with Crippen LogP contribution in [0, 0.1) is 11.8 Å². The van der Waals surface area contributed by atoms with Crippen LogP contribution >= 0.6 is 11.6 Å². The molecule has 2 heterocycles. The van der Waals surface area contributed by atoms with E-state index in [-0.39, 0.29) is 25.2 Å². The summed E-state index contributed by atoms with van der Waals surface area (Å²) in [6, 6.07) is 7.09. The lowest BCUT2D eigenvalue weighted by Crippen LogP contribution is -2.63. The van der Waals surface area contributed by atoms with Gasteiger partial charge in [0.15, 0.2) is 0 Å². The van der Waals surface area contributed by atoms with Crippen molar-refractivity contribution in [3.63, 3.8) is 0 Å². The molecule has 2 fully saturated rings. The molecular weight excluding hydrogens is 374 g/mol. The second kappa shape index (κ2) is 6.74. The summed E-state index contributed by atoms with van der Waals surface area (Å²) >= 11 is 6.39. The maximum Gasteiger partial charge on any atom is 0.254 e. The number of rotatable bonds is 4. The first-order chi connectivity index (χ1) is 12.8. The van der Waals surface area contributed by atoms with E-state index in [4.69, 9.17) is 11.6 Å². The number of hydrogen-bond donors (Lipinski definition) is 2.